The lowest BCUT2D eigenvalue weighted by Crippen LogP contribution is -2.07. The molecule has 0 aliphatic carbocycles. The maximum absolute atomic E-state index is 12.1. The van der Waals surface area contributed by atoms with Crippen LogP contribution < -0.4 is 5.32 Å². The number of phenols is 1. The Morgan fingerprint density at radius 1 is 1.28 bits per heavy atom. The van der Waals surface area contributed by atoms with Crippen molar-refractivity contribution in [2.45, 2.75) is 6.92 Å². The smallest absolute Gasteiger partial charge is 0.248 e. The highest BCUT2D eigenvalue weighted by molar-refractivity contribution is 6.02. The molecule has 1 amide bonds. The lowest BCUT2D eigenvalue weighted by atomic mass is 10.0. The summed E-state index contributed by atoms with van der Waals surface area (Å²) in [7, 11) is 1.85. The number of aromatic hydroxyl groups is 1. The molecule has 0 saturated heterocycles. The molecule has 3 aromatic rings. The molecule has 0 saturated carbocycles. The van der Waals surface area contributed by atoms with Crippen molar-refractivity contribution in [1.29, 1.82) is 0 Å². The first-order chi connectivity index (χ1) is 12.0. The van der Waals surface area contributed by atoms with E-state index >= 15 is 0 Å². The Kier molecular flexibility index (Phi) is 4.61. The minimum Gasteiger partial charge on any atom is -0.508 e. The van der Waals surface area contributed by atoms with Gasteiger partial charge < -0.3 is 10.4 Å². The standard InChI is InChI=1S/C19H18N4O2/c1-13-9-16(4-5-18(13)24)22-19(25)6-3-14-10-20-8-7-17(14)15-11-21-23(2)12-15/h3-12,24H,1-2H3,(H,22,25)/b6-3+. The number of amides is 1. The predicted octanol–water partition coefficient (Wildman–Crippen LogP) is 3.15. The van der Waals surface area contributed by atoms with Gasteiger partial charge in [-0.25, -0.2) is 0 Å². The molecular weight excluding hydrogens is 316 g/mol. The van der Waals surface area contributed by atoms with E-state index in [4.69, 9.17) is 0 Å². The number of carbonyl (C=O) groups excluding carboxylic acids is 1. The van der Waals surface area contributed by atoms with Crippen molar-refractivity contribution in [2.75, 3.05) is 5.32 Å². The maximum Gasteiger partial charge on any atom is 0.248 e. The fourth-order valence-electron chi connectivity index (χ4n) is 2.45. The molecule has 2 N–H and O–H groups in total. The molecule has 0 atom stereocenters. The highest BCUT2D eigenvalue weighted by Crippen LogP contribution is 2.23. The zero-order valence-corrected chi connectivity index (χ0v) is 14.0. The first-order valence-electron chi connectivity index (χ1n) is 7.74. The number of phenolic OH excluding ortho intramolecular Hbond substituents is 1. The van der Waals surface area contributed by atoms with Crippen molar-refractivity contribution in [3.05, 3.63) is 66.3 Å². The van der Waals surface area contributed by atoms with Gasteiger partial charge in [-0.2, -0.15) is 5.10 Å². The van der Waals surface area contributed by atoms with E-state index in [2.05, 4.69) is 15.4 Å². The zero-order chi connectivity index (χ0) is 17.8. The van der Waals surface area contributed by atoms with E-state index in [9.17, 15) is 9.90 Å². The van der Waals surface area contributed by atoms with Crippen LogP contribution in [0.2, 0.25) is 0 Å². The molecule has 0 fully saturated rings. The fraction of sp³-hybridized carbons (Fsp3) is 0.105. The number of rotatable bonds is 4. The molecule has 2 heterocycles. The molecule has 0 spiro atoms. The number of hydrogen-bond donors (Lipinski definition) is 2. The van der Waals surface area contributed by atoms with Gasteiger partial charge in [0.15, 0.2) is 0 Å². The minimum atomic E-state index is -0.258. The van der Waals surface area contributed by atoms with Gasteiger partial charge in [-0.1, -0.05) is 0 Å². The van der Waals surface area contributed by atoms with Crippen LogP contribution in [0.25, 0.3) is 17.2 Å². The second kappa shape index (κ2) is 7.00. The van der Waals surface area contributed by atoms with Crippen molar-refractivity contribution < 1.29 is 9.90 Å². The van der Waals surface area contributed by atoms with E-state index < -0.39 is 0 Å². The van der Waals surface area contributed by atoms with Crippen molar-refractivity contribution in [3.8, 4) is 16.9 Å². The van der Waals surface area contributed by atoms with E-state index in [0.717, 1.165) is 16.7 Å². The third-order valence-electron chi connectivity index (χ3n) is 3.75. The first-order valence-corrected chi connectivity index (χ1v) is 7.74. The average Bonchev–Trinajstić information content (AvgIpc) is 3.03. The Morgan fingerprint density at radius 3 is 2.84 bits per heavy atom. The quantitative estimate of drug-likeness (QED) is 0.567. The molecule has 1 aromatic carbocycles. The summed E-state index contributed by atoms with van der Waals surface area (Å²) in [6, 6.07) is 6.81. The van der Waals surface area contributed by atoms with Crippen LogP contribution in [0.5, 0.6) is 5.75 Å². The number of nitrogens with one attached hydrogen (secondary N) is 1. The maximum atomic E-state index is 12.1. The first kappa shape index (κ1) is 16.4. The minimum absolute atomic E-state index is 0.199. The lowest BCUT2D eigenvalue weighted by molar-refractivity contribution is -0.111. The van der Waals surface area contributed by atoms with Crippen molar-refractivity contribution >= 4 is 17.7 Å². The van der Waals surface area contributed by atoms with Gasteiger partial charge in [0, 0.05) is 48.5 Å². The fourth-order valence-corrected chi connectivity index (χ4v) is 2.45. The van der Waals surface area contributed by atoms with Gasteiger partial charge in [0.25, 0.3) is 0 Å². The van der Waals surface area contributed by atoms with E-state index in [1.165, 1.54) is 6.08 Å². The third-order valence-corrected chi connectivity index (χ3v) is 3.75. The third kappa shape index (κ3) is 3.92. The molecule has 0 radical (unpaired) electrons. The summed E-state index contributed by atoms with van der Waals surface area (Å²) < 4.78 is 1.73. The van der Waals surface area contributed by atoms with Crippen molar-refractivity contribution in [1.82, 2.24) is 14.8 Å². The Bertz CT molecular complexity index is 944. The number of benzene rings is 1. The zero-order valence-electron chi connectivity index (χ0n) is 14.0. The Labute approximate surface area is 145 Å². The van der Waals surface area contributed by atoms with Crippen LogP contribution in [0.3, 0.4) is 0 Å². The summed E-state index contributed by atoms with van der Waals surface area (Å²) in [5.41, 5.74) is 4.07. The van der Waals surface area contributed by atoms with Crippen LogP contribution in [0.15, 0.2) is 55.1 Å². The number of hydrogen-bond acceptors (Lipinski definition) is 4. The molecule has 0 aliphatic rings. The topological polar surface area (TPSA) is 80.0 Å². The van der Waals surface area contributed by atoms with Gasteiger partial charge >= 0.3 is 0 Å². The number of carbonyl (C=O) groups is 1. The highest BCUT2D eigenvalue weighted by atomic mass is 16.3. The van der Waals surface area contributed by atoms with Gasteiger partial charge in [-0.3, -0.25) is 14.5 Å². The molecular formula is C19H18N4O2. The van der Waals surface area contributed by atoms with Crippen LogP contribution in [-0.2, 0) is 11.8 Å². The van der Waals surface area contributed by atoms with Gasteiger partial charge in [0.2, 0.25) is 5.91 Å². The lowest BCUT2D eigenvalue weighted by Gasteiger charge is -2.05. The summed E-state index contributed by atoms with van der Waals surface area (Å²) >= 11 is 0. The van der Waals surface area contributed by atoms with Gasteiger partial charge in [-0.15, -0.1) is 0 Å². The van der Waals surface area contributed by atoms with E-state index in [0.29, 0.717) is 11.3 Å². The molecule has 3 rings (SSSR count). The second-order valence-corrected chi connectivity index (χ2v) is 5.69. The molecule has 25 heavy (non-hydrogen) atoms. The number of nitrogens with zero attached hydrogens (tertiary/aromatic N) is 3. The van der Waals surface area contributed by atoms with Crippen LogP contribution in [-0.4, -0.2) is 25.8 Å². The Morgan fingerprint density at radius 2 is 2.12 bits per heavy atom. The number of anilines is 1. The Balaban J connectivity index is 1.77. The molecule has 0 aliphatic heterocycles. The van der Waals surface area contributed by atoms with E-state index in [1.807, 2.05) is 19.3 Å². The number of aromatic nitrogens is 3. The van der Waals surface area contributed by atoms with E-state index in [-0.39, 0.29) is 11.7 Å². The monoisotopic (exact) mass is 334 g/mol. The largest absolute Gasteiger partial charge is 0.508 e. The molecule has 0 bridgehead atoms. The SMILES string of the molecule is Cc1cc(NC(=O)/C=C/c2cnccc2-c2cnn(C)c2)ccc1O. The van der Waals surface area contributed by atoms with Gasteiger partial charge in [-0.05, 0) is 48.4 Å². The highest BCUT2D eigenvalue weighted by Gasteiger charge is 2.06. The number of aryl methyl sites for hydroxylation is 2. The summed E-state index contributed by atoms with van der Waals surface area (Å²) in [6.45, 7) is 1.77. The van der Waals surface area contributed by atoms with E-state index in [1.54, 1.807) is 54.5 Å². The molecule has 2 aromatic heterocycles. The summed E-state index contributed by atoms with van der Waals surface area (Å²) in [5.74, 6) is -0.0592. The van der Waals surface area contributed by atoms with Crippen LogP contribution in [0, 0.1) is 6.92 Å². The average molecular weight is 334 g/mol. The van der Waals surface area contributed by atoms with Gasteiger partial charge in [0.1, 0.15) is 5.75 Å². The molecule has 6 nitrogen and oxygen atoms in total. The normalized spacial score (nSPS) is 11.0. The summed E-state index contributed by atoms with van der Waals surface area (Å²) in [4.78, 5) is 16.3. The number of pyridine rings is 1. The molecule has 0 unspecified atom stereocenters. The summed E-state index contributed by atoms with van der Waals surface area (Å²) in [6.07, 6.45) is 10.3. The van der Waals surface area contributed by atoms with Crippen LogP contribution in [0.4, 0.5) is 5.69 Å². The van der Waals surface area contributed by atoms with Crippen molar-refractivity contribution in [3.63, 3.8) is 0 Å². The Hall–Kier alpha value is -3.41. The van der Waals surface area contributed by atoms with Gasteiger partial charge in [0.05, 0.1) is 6.20 Å². The second-order valence-electron chi connectivity index (χ2n) is 5.69. The predicted molar refractivity (Wildman–Crippen MR) is 96.9 cm³/mol. The molecule has 126 valence electrons. The summed E-state index contributed by atoms with van der Waals surface area (Å²) in [5, 5.41) is 16.5. The van der Waals surface area contributed by atoms with Crippen LogP contribution in [0.1, 0.15) is 11.1 Å². The van der Waals surface area contributed by atoms with Crippen molar-refractivity contribution in [2.24, 2.45) is 7.05 Å². The molecule has 6 heteroatoms. The van der Waals surface area contributed by atoms with Crippen LogP contribution >= 0.6 is 0 Å².